The SMILES string of the molecule is CN1CCN(NCc2ccc(-c3ccccc3)s2)CC1. The Balaban J connectivity index is 1.55. The fourth-order valence-electron chi connectivity index (χ4n) is 2.38. The molecule has 2 aromatic rings. The van der Waals surface area contributed by atoms with Crippen LogP contribution in [0.3, 0.4) is 0 Å². The molecule has 3 nitrogen and oxygen atoms in total. The van der Waals surface area contributed by atoms with E-state index >= 15 is 0 Å². The Bertz CT molecular complexity index is 530. The Labute approximate surface area is 124 Å². The van der Waals surface area contributed by atoms with Gasteiger partial charge in [0.05, 0.1) is 0 Å². The van der Waals surface area contributed by atoms with Gasteiger partial charge in [-0.25, -0.2) is 10.4 Å². The average Bonchev–Trinajstić information content (AvgIpc) is 2.97. The predicted octanol–water partition coefficient (Wildman–Crippen LogP) is 2.67. The van der Waals surface area contributed by atoms with E-state index in [2.05, 4.69) is 64.8 Å². The molecule has 4 heteroatoms. The van der Waals surface area contributed by atoms with E-state index < -0.39 is 0 Å². The Morgan fingerprint density at radius 2 is 1.75 bits per heavy atom. The fraction of sp³-hybridized carbons (Fsp3) is 0.375. The Morgan fingerprint density at radius 3 is 2.50 bits per heavy atom. The highest BCUT2D eigenvalue weighted by Crippen LogP contribution is 2.27. The Morgan fingerprint density at radius 1 is 1.00 bits per heavy atom. The van der Waals surface area contributed by atoms with Crippen molar-refractivity contribution in [2.75, 3.05) is 33.2 Å². The molecule has 1 aromatic heterocycles. The van der Waals surface area contributed by atoms with Gasteiger partial charge < -0.3 is 4.90 Å². The number of thiophene rings is 1. The van der Waals surface area contributed by atoms with Crippen molar-refractivity contribution in [2.45, 2.75) is 6.54 Å². The third-order valence-corrected chi connectivity index (χ3v) is 4.83. The highest BCUT2D eigenvalue weighted by Gasteiger charge is 2.13. The van der Waals surface area contributed by atoms with Gasteiger partial charge in [0.15, 0.2) is 0 Å². The standard InChI is InChI=1S/C16H21N3S/c1-18-9-11-19(12-10-18)17-13-15-7-8-16(20-15)14-5-3-2-4-6-14/h2-8,17H,9-13H2,1H3. The number of nitrogens with zero attached hydrogens (tertiary/aromatic N) is 2. The Hall–Kier alpha value is -1.20. The molecule has 2 heterocycles. The molecule has 3 rings (SSSR count). The summed E-state index contributed by atoms with van der Waals surface area (Å²) < 4.78 is 0. The minimum atomic E-state index is 0.932. The molecule has 0 saturated carbocycles. The molecule has 20 heavy (non-hydrogen) atoms. The number of piperazine rings is 1. The fourth-order valence-corrected chi connectivity index (χ4v) is 3.33. The number of nitrogens with one attached hydrogen (secondary N) is 1. The van der Waals surface area contributed by atoms with E-state index in [-0.39, 0.29) is 0 Å². The topological polar surface area (TPSA) is 18.5 Å². The second-order valence-corrected chi connectivity index (χ2v) is 6.43. The maximum absolute atomic E-state index is 3.54. The Kier molecular flexibility index (Phi) is 4.47. The molecule has 106 valence electrons. The summed E-state index contributed by atoms with van der Waals surface area (Å²) in [5.74, 6) is 0. The first kappa shape index (κ1) is 13.8. The maximum atomic E-state index is 3.54. The van der Waals surface area contributed by atoms with Crippen LogP contribution in [0.25, 0.3) is 10.4 Å². The minimum Gasteiger partial charge on any atom is -0.304 e. The van der Waals surface area contributed by atoms with Gasteiger partial charge in [0, 0.05) is 42.5 Å². The monoisotopic (exact) mass is 287 g/mol. The van der Waals surface area contributed by atoms with Crippen LogP contribution in [0.4, 0.5) is 0 Å². The lowest BCUT2D eigenvalue weighted by Crippen LogP contribution is -2.50. The molecule has 1 fully saturated rings. The van der Waals surface area contributed by atoms with Crippen LogP contribution in [0.2, 0.25) is 0 Å². The molecule has 0 aliphatic carbocycles. The van der Waals surface area contributed by atoms with Crippen LogP contribution < -0.4 is 5.43 Å². The smallest absolute Gasteiger partial charge is 0.0447 e. The van der Waals surface area contributed by atoms with Crippen LogP contribution in [0.15, 0.2) is 42.5 Å². The van der Waals surface area contributed by atoms with E-state index in [1.807, 2.05) is 11.3 Å². The van der Waals surface area contributed by atoms with E-state index in [1.165, 1.54) is 15.3 Å². The molecular weight excluding hydrogens is 266 g/mol. The zero-order valence-electron chi connectivity index (χ0n) is 11.9. The van der Waals surface area contributed by atoms with Crippen LogP contribution in [-0.4, -0.2) is 43.1 Å². The van der Waals surface area contributed by atoms with Gasteiger partial charge >= 0.3 is 0 Å². The van der Waals surface area contributed by atoms with Gasteiger partial charge in [0.2, 0.25) is 0 Å². The molecular formula is C16H21N3S. The van der Waals surface area contributed by atoms with Gasteiger partial charge in [-0.05, 0) is 24.7 Å². The zero-order chi connectivity index (χ0) is 13.8. The summed E-state index contributed by atoms with van der Waals surface area (Å²) >= 11 is 1.88. The van der Waals surface area contributed by atoms with Crippen LogP contribution in [0.5, 0.6) is 0 Å². The molecule has 1 aliphatic rings. The lowest BCUT2D eigenvalue weighted by atomic mass is 10.2. The van der Waals surface area contributed by atoms with Crippen LogP contribution >= 0.6 is 11.3 Å². The summed E-state index contributed by atoms with van der Waals surface area (Å²) in [5.41, 5.74) is 4.85. The van der Waals surface area contributed by atoms with E-state index in [4.69, 9.17) is 0 Å². The molecule has 1 N–H and O–H groups in total. The number of hydrogen-bond acceptors (Lipinski definition) is 4. The summed E-state index contributed by atoms with van der Waals surface area (Å²) in [5, 5.41) is 2.34. The van der Waals surface area contributed by atoms with Gasteiger partial charge in [0.1, 0.15) is 0 Å². The lowest BCUT2D eigenvalue weighted by Gasteiger charge is -2.32. The van der Waals surface area contributed by atoms with Crippen molar-refractivity contribution in [3.05, 3.63) is 47.3 Å². The van der Waals surface area contributed by atoms with Crippen molar-refractivity contribution in [3.63, 3.8) is 0 Å². The number of likely N-dealkylation sites (N-methyl/N-ethyl adjacent to an activating group) is 1. The van der Waals surface area contributed by atoms with Gasteiger partial charge in [0.25, 0.3) is 0 Å². The van der Waals surface area contributed by atoms with Crippen LogP contribution in [0, 0.1) is 0 Å². The second-order valence-electron chi connectivity index (χ2n) is 5.26. The highest BCUT2D eigenvalue weighted by molar-refractivity contribution is 7.15. The number of hydrogen-bond donors (Lipinski definition) is 1. The van der Waals surface area contributed by atoms with Crippen molar-refractivity contribution >= 4 is 11.3 Å². The quantitative estimate of drug-likeness (QED) is 0.932. The molecule has 0 radical (unpaired) electrons. The van der Waals surface area contributed by atoms with Crippen LogP contribution in [0.1, 0.15) is 4.88 Å². The normalized spacial score (nSPS) is 17.4. The maximum Gasteiger partial charge on any atom is 0.0447 e. The molecule has 0 unspecified atom stereocenters. The molecule has 1 aromatic carbocycles. The van der Waals surface area contributed by atoms with Crippen molar-refractivity contribution in [2.24, 2.45) is 0 Å². The van der Waals surface area contributed by atoms with Crippen molar-refractivity contribution in [1.29, 1.82) is 0 Å². The van der Waals surface area contributed by atoms with Crippen LogP contribution in [-0.2, 0) is 6.54 Å². The number of benzene rings is 1. The largest absolute Gasteiger partial charge is 0.304 e. The summed E-state index contributed by atoms with van der Waals surface area (Å²) in [7, 11) is 2.18. The first-order chi connectivity index (χ1) is 9.81. The zero-order valence-corrected chi connectivity index (χ0v) is 12.7. The highest BCUT2D eigenvalue weighted by atomic mass is 32.1. The van der Waals surface area contributed by atoms with Gasteiger partial charge in [-0.2, -0.15) is 0 Å². The average molecular weight is 287 g/mol. The van der Waals surface area contributed by atoms with E-state index in [1.54, 1.807) is 0 Å². The summed E-state index contributed by atoms with van der Waals surface area (Å²) in [6, 6.07) is 15.0. The van der Waals surface area contributed by atoms with Gasteiger partial charge in [-0.15, -0.1) is 11.3 Å². The number of rotatable bonds is 4. The molecule has 0 atom stereocenters. The van der Waals surface area contributed by atoms with Crippen molar-refractivity contribution in [3.8, 4) is 10.4 Å². The van der Waals surface area contributed by atoms with Gasteiger partial charge in [-0.3, -0.25) is 0 Å². The van der Waals surface area contributed by atoms with Gasteiger partial charge in [-0.1, -0.05) is 30.3 Å². The summed E-state index contributed by atoms with van der Waals surface area (Å²) in [4.78, 5) is 5.11. The third-order valence-electron chi connectivity index (χ3n) is 3.70. The van der Waals surface area contributed by atoms with E-state index in [0.717, 1.165) is 32.7 Å². The first-order valence-corrected chi connectivity index (χ1v) is 7.94. The van der Waals surface area contributed by atoms with Crippen molar-refractivity contribution in [1.82, 2.24) is 15.3 Å². The molecule has 0 amide bonds. The second kappa shape index (κ2) is 6.50. The molecule has 0 spiro atoms. The summed E-state index contributed by atoms with van der Waals surface area (Å²) in [6.07, 6.45) is 0. The lowest BCUT2D eigenvalue weighted by molar-refractivity contribution is 0.102. The number of hydrazine groups is 1. The molecule has 1 aliphatic heterocycles. The van der Waals surface area contributed by atoms with Crippen molar-refractivity contribution < 1.29 is 0 Å². The first-order valence-electron chi connectivity index (χ1n) is 7.12. The third kappa shape index (κ3) is 3.46. The molecule has 1 saturated heterocycles. The minimum absolute atomic E-state index is 0.932. The van der Waals surface area contributed by atoms with E-state index in [9.17, 15) is 0 Å². The predicted molar refractivity (Wildman–Crippen MR) is 85.7 cm³/mol. The van der Waals surface area contributed by atoms with E-state index in [0.29, 0.717) is 0 Å². The molecule has 0 bridgehead atoms. The summed E-state index contributed by atoms with van der Waals surface area (Å²) in [6.45, 7) is 5.43.